The quantitative estimate of drug-likeness (QED) is 0.712. The number of halogens is 1. The summed E-state index contributed by atoms with van der Waals surface area (Å²) < 4.78 is 5.30. The number of carbonyl (C=O) groups is 1. The van der Waals surface area contributed by atoms with E-state index in [2.05, 4.69) is 5.32 Å². The Morgan fingerprint density at radius 2 is 1.84 bits per heavy atom. The summed E-state index contributed by atoms with van der Waals surface area (Å²) in [5.41, 5.74) is 3.90. The molecule has 1 heterocycles. The van der Waals surface area contributed by atoms with Crippen molar-refractivity contribution in [3.05, 3.63) is 79.7 Å². The number of rotatable bonds is 3. The topological polar surface area (TPSA) is 59.3 Å². The van der Waals surface area contributed by atoms with Gasteiger partial charge in [0.05, 0.1) is 0 Å². The smallest absolute Gasteiger partial charge is 0.336 e. The maximum absolute atomic E-state index is 12.4. The van der Waals surface area contributed by atoms with Gasteiger partial charge in [-0.2, -0.15) is 0 Å². The molecule has 0 saturated carbocycles. The molecule has 128 valence electrons. The predicted molar refractivity (Wildman–Crippen MR) is 99.3 cm³/mol. The van der Waals surface area contributed by atoms with Crippen LogP contribution < -0.4 is 10.9 Å². The second kappa shape index (κ2) is 6.73. The fraction of sp³-hybridized carbons (Fsp3) is 0.200. The van der Waals surface area contributed by atoms with Crippen LogP contribution in [0.2, 0.25) is 5.02 Å². The van der Waals surface area contributed by atoms with Gasteiger partial charge in [-0.1, -0.05) is 29.8 Å². The summed E-state index contributed by atoms with van der Waals surface area (Å²) >= 11 is 6.34. The fourth-order valence-corrected chi connectivity index (χ4v) is 3.14. The largest absolute Gasteiger partial charge is 0.423 e. The minimum Gasteiger partial charge on any atom is -0.423 e. The molecule has 0 aliphatic rings. The highest BCUT2D eigenvalue weighted by Crippen LogP contribution is 2.30. The van der Waals surface area contributed by atoms with E-state index in [1.54, 1.807) is 12.1 Å². The molecular weight excluding hydrogens is 338 g/mol. The number of hydrogen-bond donors (Lipinski definition) is 1. The molecule has 0 aliphatic heterocycles. The van der Waals surface area contributed by atoms with Crippen molar-refractivity contribution in [2.24, 2.45) is 0 Å². The van der Waals surface area contributed by atoms with Crippen LogP contribution in [0, 0.1) is 20.8 Å². The lowest BCUT2D eigenvalue weighted by Gasteiger charge is -2.12. The van der Waals surface area contributed by atoms with Crippen LogP contribution in [-0.2, 0) is 6.54 Å². The molecule has 0 atom stereocenters. The van der Waals surface area contributed by atoms with Crippen molar-refractivity contribution < 1.29 is 9.21 Å². The van der Waals surface area contributed by atoms with Crippen LogP contribution >= 0.6 is 11.6 Å². The van der Waals surface area contributed by atoms with Crippen molar-refractivity contribution in [3.63, 3.8) is 0 Å². The number of benzene rings is 2. The summed E-state index contributed by atoms with van der Waals surface area (Å²) in [6.07, 6.45) is 0. The minimum atomic E-state index is -0.450. The first kappa shape index (κ1) is 17.2. The molecule has 4 nitrogen and oxygen atoms in total. The average Bonchev–Trinajstić information content (AvgIpc) is 2.57. The third kappa shape index (κ3) is 3.30. The van der Waals surface area contributed by atoms with Crippen LogP contribution in [0.1, 0.15) is 32.6 Å². The van der Waals surface area contributed by atoms with Gasteiger partial charge in [-0.05, 0) is 55.2 Å². The van der Waals surface area contributed by atoms with Crippen molar-refractivity contribution in [1.29, 1.82) is 0 Å². The third-order valence-electron chi connectivity index (χ3n) is 4.30. The Labute approximate surface area is 150 Å². The van der Waals surface area contributed by atoms with Gasteiger partial charge < -0.3 is 9.73 Å². The zero-order valence-electron chi connectivity index (χ0n) is 14.3. The molecule has 3 aromatic rings. The van der Waals surface area contributed by atoms with Crippen molar-refractivity contribution in [1.82, 2.24) is 5.32 Å². The lowest BCUT2D eigenvalue weighted by molar-refractivity contribution is 0.0950. The van der Waals surface area contributed by atoms with E-state index in [1.165, 1.54) is 6.07 Å². The lowest BCUT2D eigenvalue weighted by atomic mass is 10.0. The Balaban J connectivity index is 1.99. The van der Waals surface area contributed by atoms with E-state index in [0.717, 1.165) is 22.1 Å². The Morgan fingerprint density at radius 1 is 1.12 bits per heavy atom. The molecular formula is C20H18ClNO3. The summed E-state index contributed by atoms with van der Waals surface area (Å²) in [7, 11) is 0. The molecule has 0 saturated heterocycles. The van der Waals surface area contributed by atoms with Crippen molar-refractivity contribution >= 4 is 28.5 Å². The first-order chi connectivity index (χ1) is 11.9. The average molecular weight is 356 g/mol. The first-order valence-electron chi connectivity index (χ1n) is 7.94. The highest BCUT2D eigenvalue weighted by molar-refractivity contribution is 6.33. The summed E-state index contributed by atoms with van der Waals surface area (Å²) in [4.78, 5) is 24.3. The van der Waals surface area contributed by atoms with Crippen LogP contribution in [-0.4, -0.2) is 5.91 Å². The molecule has 0 fully saturated rings. The van der Waals surface area contributed by atoms with Gasteiger partial charge in [0.2, 0.25) is 0 Å². The summed E-state index contributed by atoms with van der Waals surface area (Å²) in [6.45, 7) is 5.84. The number of amides is 1. The maximum Gasteiger partial charge on any atom is 0.336 e. The van der Waals surface area contributed by atoms with Gasteiger partial charge in [0.15, 0.2) is 0 Å². The molecule has 1 aromatic heterocycles. The molecule has 0 aliphatic carbocycles. The molecule has 0 unspecified atom stereocenters. The van der Waals surface area contributed by atoms with Gasteiger partial charge in [0.25, 0.3) is 5.91 Å². The van der Waals surface area contributed by atoms with Gasteiger partial charge in [-0.3, -0.25) is 4.79 Å². The first-order valence-corrected chi connectivity index (χ1v) is 8.32. The highest BCUT2D eigenvalue weighted by atomic mass is 35.5. The van der Waals surface area contributed by atoms with E-state index in [9.17, 15) is 9.59 Å². The molecule has 2 aromatic carbocycles. The van der Waals surface area contributed by atoms with E-state index >= 15 is 0 Å². The van der Waals surface area contributed by atoms with Crippen LogP contribution in [0.15, 0.2) is 45.6 Å². The van der Waals surface area contributed by atoms with E-state index < -0.39 is 5.63 Å². The SMILES string of the molecule is Cc1ccccc1C(=O)NCc1cc(=O)oc2cc(C)c(Cl)c(C)c12. The Morgan fingerprint density at radius 3 is 2.56 bits per heavy atom. The van der Waals surface area contributed by atoms with E-state index in [4.69, 9.17) is 16.0 Å². The molecule has 1 amide bonds. The molecule has 3 rings (SSSR count). The van der Waals surface area contributed by atoms with Crippen LogP contribution in [0.3, 0.4) is 0 Å². The number of carbonyl (C=O) groups excluding carboxylic acids is 1. The van der Waals surface area contributed by atoms with Crippen LogP contribution in [0.25, 0.3) is 11.0 Å². The number of aryl methyl sites for hydroxylation is 3. The van der Waals surface area contributed by atoms with Crippen LogP contribution in [0.5, 0.6) is 0 Å². The van der Waals surface area contributed by atoms with Crippen molar-refractivity contribution in [2.75, 3.05) is 0 Å². The molecule has 5 heteroatoms. The normalized spacial score (nSPS) is 10.9. The zero-order valence-corrected chi connectivity index (χ0v) is 15.0. The van der Waals surface area contributed by atoms with E-state index in [-0.39, 0.29) is 12.5 Å². The van der Waals surface area contributed by atoms with Crippen molar-refractivity contribution in [3.8, 4) is 0 Å². The zero-order chi connectivity index (χ0) is 18.1. The fourth-order valence-electron chi connectivity index (χ4n) is 2.99. The minimum absolute atomic E-state index is 0.185. The maximum atomic E-state index is 12.4. The Kier molecular flexibility index (Phi) is 4.64. The monoisotopic (exact) mass is 355 g/mol. The standard InChI is InChI=1S/C20H18ClNO3/c1-11-6-4-5-7-15(11)20(24)22-10-14-9-17(23)25-16-8-12(2)19(21)13(3)18(14)16/h4-9H,10H2,1-3H3,(H,22,24). The lowest BCUT2D eigenvalue weighted by Crippen LogP contribution is -2.24. The van der Waals surface area contributed by atoms with Gasteiger partial charge in [-0.15, -0.1) is 0 Å². The highest BCUT2D eigenvalue weighted by Gasteiger charge is 2.14. The predicted octanol–water partition coefficient (Wildman–Crippen LogP) is 4.30. The Bertz CT molecular complexity index is 1040. The number of hydrogen-bond acceptors (Lipinski definition) is 3. The molecule has 0 radical (unpaired) electrons. The van der Waals surface area contributed by atoms with Gasteiger partial charge in [0, 0.05) is 28.6 Å². The third-order valence-corrected chi connectivity index (χ3v) is 4.88. The molecule has 1 N–H and O–H groups in total. The summed E-state index contributed by atoms with van der Waals surface area (Å²) in [5, 5.41) is 4.27. The van der Waals surface area contributed by atoms with E-state index in [1.807, 2.05) is 39.0 Å². The van der Waals surface area contributed by atoms with E-state index in [0.29, 0.717) is 21.7 Å². The number of nitrogens with one attached hydrogen (secondary N) is 1. The molecule has 0 spiro atoms. The molecule has 25 heavy (non-hydrogen) atoms. The molecule has 0 bridgehead atoms. The van der Waals surface area contributed by atoms with Gasteiger partial charge in [0.1, 0.15) is 5.58 Å². The second-order valence-electron chi connectivity index (χ2n) is 6.09. The van der Waals surface area contributed by atoms with Crippen molar-refractivity contribution in [2.45, 2.75) is 27.3 Å². The summed E-state index contributed by atoms with van der Waals surface area (Å²) in [5.74, 6) is -0.185. The Hall–Kier alpha value is -2.59. The van der Waals surface area contributed by atoms with Gasteiger partial charge >= 0.3 is 5.63 Å². The second-order valence-corrected chi connectivity index (χ2v) is 6.47. The summed E-state index contributed by atoms with van der Waals surface area (Å²) in [6, 6.07) is 10.5. The van der Waals surface area contributed by atoms with Crippen LogP contribution in [0.4, 0.5) is 0 Å². The number of fused-ring (bicyclic) bond motifs is 1. The van der Waals surface area contributed by atoms with Gasteiger partial charge in [-0.25, -0.2) is 4.79 Å².